The molecule has 3 heteroatoms. The fraction of sp³-hybridized carbons (Fsp3) is 0.0370. The van der Waals surface area contributed by atoms with Crippen LogP contribution in [0.25, 0.3) is 109 Å². The molecule has 12 rings (SSSR count). The Morgan fingerprint density at radius 1 is 0.404 bits per heavy atom. The van der Waals surface area contributed by atoms with E-state index in [1.54, 1.807) is 0 Å². The second-order valence-electron chi connectivity index (χ2n) is 15.2. The zero-order chi connectivity index (χ0) is 37.5. The molecule has 0 N–H and O–H groups in total. The summed E-state index contributed by atoms with van der Waals surface area (Å²) in [7, 11) is 0. The average Bonchev–Trinajstić information content (AvgIpc) is 3.94. The van der Waals surface area contributed by atoms with Gasteiger partial charge in [0.25, 0.3) is 0 Å². The summed E-state index contributed by atoms with van der Waals surface area (Å²) in [6.07, 6.45) is 9.13. The molecule has 57 heavy (non-hydrogen) atoms. The minimum atomic E-state index is 1.06. The van der Waals surface area contributed by atoms with E-state index < -0.39 is 0 Å². The van der Waals surface area contributed by atoms with Crippen LogP contribution in [0.15, 0.2) is 194 Å². The second-order valence-corrected chi connectivity index (χ2v) is 16.2. The van der Waals surface area contributed by atoms with E-state index in [-0.39, 0.29) is 0 Å². The molecule has 11 aromatic rings. The second kappa shape index (κ2) is 12.8. The topological polar surface area (TPSA) is 9.86 Å². The Bertz CT molecular complexity index is 3440. The van der Waals surface area contributed by atoms with Crippen LogP contribution in [0.4, 0.5) is 0 Å². The van der Waals surface area contributed by atoms with Crippen molar-refractivity contribution in [1.29, 1.82) is 0 Å². The smallest absolute Gasteiger partial charge is 0.0547 e. The molecule has 0 fully saturated rings. The quantitative estimate of drug-likeness (QED) is 0.166. The lowest BCUT2D eigenvalue weighted by atomic mass is 9.98. The van der Waals surface area contributed by atoms with Crippen molar-refractivity contribution in [2.75, 3.05) is 0 Å². The summed E-state index contributed by atoms with van der Waals surface area (Å²) in [5, 5.41) is 7.69. The van der Waals surface area contributed by atoms with Crippen molar-refractivity contribution in [3.8, 4) is 39.1 Å². The first kappa shape index (κ1) is 32.3. The van der Waals surface area contributed by atoms with Crippen molar-refractivity contribution in [3.05, 3.63) is 194 Å². The first-order valence-electron chi connectivity index (χ1n) is 19.8. The van der Waals surface area contributed by atoms with Crippen molar-refractivity contribution in [3.63, 3.8) is 0 Å². The van der Waals surface area contributed by atoms with E-state index in [0.29, 0.717) is 0 Å². The Morgan fingerprint density at radius 2 is 1.07 bits per heavy atom. The maximum atomic E-state index is 2.50. The van der Waals surface area contributed by atoms with Crippen molar-refractivity contribution in [2.24, 2.45) is 0 Å². The molecular weight excluding hydrogens is 709 g/mol. The van der Waals surface area contributed by atoms with Gasteiger partial charge in [-0.05, 0) is 89.2 Å². The standard InChI is InChI=1S/C54H36N2S/c1-3-14-35(15-4-1)36-26-28-37(29-27-36)46-33-40(34-47-44-19-9-12-25-52(44)57-54(46)47)56-49-23-11-8-20-45(49)53-41(21-13-24-50(53)56)38-30-31-43-42-18-7-10-22-48(42)55(51(43)32-38)39-16-5-2-6-17-39/h1,3-5,7-34H,2,6H2. The molecule has 3 heterocycles. The lowest BCUT2D eigenvalue weighted by Crippen LogP contribution is -1.97. The highest BCUT2D eigenvalue weighted by Gasteiger charge is 2.21. The van der Waals surface area contributed by atoms with Gasteiger partial charge < -0.3 is 9.13 Å². The first-order chi connectivity index (χ1) is 28.3. The van der Waals surface area contributed by atoms with Crippen LogP contribution in [0.2, 0.25) is 0 Å². The van der Waals surface area contributed by atoms with Crippen LogP contribution in [0, 0.1) is 0 Å². The van der Waals surface area contributed by atoms with Crippen LogP contribution in [0.5, 0.6) is 0 Å². The normalized spacial score (nSPS) is 13.2. The molecule has 0 unspecified atom stereocenters. The number of hydrogen-bond donors (Lipinski definition) is 0. The summed E-state index contributed by atoms with van der Waals surface area (Å²) < 4.78 is 7.58. The molecular formula is C54H36N2S. The lowest BCUT2D eigenvalue weighted by Gasteiger charge is -2.14. The van der Waals surface area contributed by atoms with Gasteiger partial charge in [0.2, 0.25) is 0 Å². The third kappa shape index (κ3) is 5.02. The molecule has 0 saturated carbocycles. The molecule has 0 spiro atoms. The molecule has 3 aromatic heterocycles. The largest absolute Gasteiger partial charge is 0.310 e. The average molecular weight is 745 g/mol. The molecule has 0 saturated heterocycles. The summed E-state index contributed by atoms with van der Waals surface area (Å²) in [5.41, 5.74) is 14.7. The highest BCUT2D eigenvalue weighted by molar-refractivity contribution is 7.26. The molecule has 2 nitrogen and oxygen atoms in total. The van der Waals surface area contributed by atoms with Gasteiger partial charge in [-0.25, -0.2) is 0 Å². The predicted octanol–water partition coefficient (Wildman–Crippen LogP) is 15.5. The summed E-state index contributed by atoms with van der Waals surface area (Å²) >= 11 is 1.89. The summed E-state index contributed by atoms with van der Waals surface area (Å²) in [4.78, 5) is 0. The van der Waals surface area contributed by atoms with Crippen LogP contribution < -0.4 is 0 Å². The van der Waals surface area contributed by atoms with E-state index in [4.69, 9.17) is 0 Å². The van der Waals surface area contributed by atoms with Gasteiger partial charge in [-0.15, -0.1) is 11.3 Å². The van der Waals surface area contributed by atoms with Gasteiger partial charge in [-0.2, -0.15) is 0 Å². The Kier molecular flexibility index (Phi) is 7.26. The molecule has 0 aliphatic heterocycles. The molecule has 0 bridgehead atoms. The van der Waals surface area contributed by atoms with Gasteiger partial charge in [0.05, 0.1) is 22.1 Å². The monoisotopic (exact) mass is 744 g/mol. The first-order valence-corrected chi connectivity index (χ1v) is 20.6. The summed E-state index contributed by atoms with van der Waals surface area (Å²) in [5.74, 6) is 0. The van der Waals surface area contributed by atoms with E-state index in [0.717, 1.165) is 12.8 Å². The maximum absolute atomic E-state index is 2.50. The zero-order valence-electron chi connectivity index (χ0n) is 31.2. The van der Waals surface area contributed by atoms with Gasteiger partial charge in [0.15, 0.2) is 0 Å². The lowest BCUT2D eigenvalue weighted by molar-refractivity contribution is 1.02. The van der Waals surface area contributed by atoms with Crippen LogP contribution in [-0.2, 0) is 0 Å². The molecule has 268 valence electrons. The zero-order valence-corrected chi connectivity index (χ0v) is 32.0. The number of allylic oxidation sites excluding steroid dienone is 4. The predicted molar refractivity (Wildman–Crippen MR) is 246 cm³/mol. The molecule has 8 aromatic carbocycles. The SMILES string of the molecule is C1=CC(n2c3ccccc3c3ccc(-c4cccc5c4c4ccccc4n5-c4cc(-c5ccc(-c6ccccc6)cc5)c5sc6ccccc6c5c4)cc32)=CCC1. The van der Waals surface area contributed by atoms with Crippen molar-refractivity contribution in [1.82, 2.24) is 9.13 Å². The van der Waals surface area contributed by atoms with Crippen molar-refractivity contribution >= 4 is 80.8 Å². The van der Waals surface area contributed by atoms with Crippen molar-refractivity contribution < 1.29 is 0 Å². The van der Waals surface area contributed by atoms with Gasteiger partial charge >= 0.3 is 0 Å². The Balaban J connectivity index is 1.10. The molecule has 0 radical (unpaired) electrons. The molecule has 1 aliphatic rings. The number of aromatic nitrogens is 2. The van der Waals surface area contributed by atoms with Gasteiger partial charge in [-0.3, -0.25) is 0 Å². The fourth-order valence-electron chi connectivity index (χ4n) is 9.35. The van der Waals surface area contributed by atoms with Crippen LogP contribution in [-0.4, -0.2) is 9.13 Å². The maximum Gasteiger partial charge on any atom is 0.0547 e. The van der Waals surface area contributed by atoms with E-state index >= 15 is 0 Å². The number of para-hydroxylation sites is 2. The number of nitrogens with zero attached hydrogens (tertiary/aromatic N) is 2. The van der Waals surface area contributed by atoms with E-state index in [1.807, 2.05) is 11.3 Å². The Hall–Kier alpha value is -6.94. The van der Waals surface area contributed by atoms with Gasteiger partial charge in [-0.1, -0.05) is 146 Å². The highest BCUT2D eigenvalue weighted by atomic mass is 32.1. The molecule has 1 aliphatic carbocycles. The number of benzene rings is 8. The van der Waals surface area contributed by atoms with Crippen molar-refractivity contribution in [2.45, 2.75) is 12.8 Å². The van der Waals surface area contributed by atoms with Gasteiger partial charge in [0, 0.05) is 58.7 Å². The molecule has 0 amide bonds. The number of rotatable bonds is 5. The minimum absolute atomic E-state index is 1.06. The van der Waals surface area contributed by atoms with E-state index in [1.165, 1.54) is 109 Å². The van der Waals surface area contributed by atoms with Crippen LogP contribution in [0.1, 0.15) is 12.8 Å². The highest BCUT2D eigenvalue weighted by Crippen LogP contribution is 2.45. The number of thiophene rings is 1. The van der Waals surface area contributed by atoms with Crippen LogP contribution in [0.3, 0.4) is 0 Å². The Morgan fingerprint density at radius 3 is 1.89 bits per heavy atom. The number of hydrogen-bond acceptors (Lipinski definition) is 1. The van der Waals surface area contributed by atoms with Crippen LogP contribution >= 0.6 is 11.3 Å². The summed E-state index contributed by atoms with van der Waals surface area (Å²) in [6, 6.07) is 65.1. The third-order valence-electron chi connectivity index (χ3n) is 11.9. The fourth-order valence-corrected chi connectivity index (χ4v) is 10.6. The van der Waals surface area contributed by atoms with Gasteiger partial charge in [0.1, 0.15) is 0 Å². The number of fused-ring (bicyclic) bond motifs is 9. The minimum Gasteiger partial charge on any atom is -0.310 e. The summed E-state index contributed by atoms with van der Waals surface area (Å²) in [6.45, 7) is 0. The third-order valence-corrected chi connectivity index (χ3v) is 13.2. The van der Waals surface area contributed by atoms with E-state index in [9.17, 15) is 0 Å². The van der Waals surface area contributed by atoms with E-state index in [2.05, 4.69) is 203 Å². The molecule has 0 atom stereocenters. The Labute approximate surface area is 334 Å².